The first-order chi connectivity index (χ1) is 11.1. The van der Waals surface area contributed by atoms with Crippen LogP contribution >= 0.6 is 0 Å². The van der Waals surface area contributed by atoms with Crippen LogP contribution in [0.2, 0.25) is 0 Å². The topological polar surface area (TPSA) is 72.0 Å². The zero-order valence-corrected chi connectivity index (χ0v) is 13.6. The Labute approximate surface area is 138 Å². The average Bonchev–Trinajstić information content (AvgIpc) is 2.44. The second-order valence-corrected chi connectivity index (χ2v) is 5.73. The van der Waals surface area contributed by atoms with E-state index in [0.717, 1.165) is 0 Å². The van der Waals surface area contributed by atoms with E-state index < -0.39 is 24.4 Å². The van der Waals surface area contributed by atoms with Gasteiger partial charge in [-0.15, -0.1) is 0 Å². The number of benzene rings is 1. The van der Waals surface area contributed by atoms with Gasteiger partial charge in [0.15, 0.2) is 5.84 Å². The number of aliphatic imine (C=N–C) groups is 1. The largest absolute Gasteiger partial charge is 0.486 e. The molecule has 9 heteroatoms. The van der Waals surface area contributed by atoms with E-state index in [1.54, 1.807) is 51.1 Å². The lowest BCUT2D eigenvalue weighted by Crippen LogP contribution is -2.46. The standard InChI is InChI=1S/C15H20F3N3O3/c1-14(2,3)24-13(22)21-20-12(19-10-15(16,17)18)9-23-11-7-5-4-6-8-11/h4-8H,9-10H2,1-3H3,(H,19,20)(H,21,22). The zero-order valence-electron chi connectivity index (χ0n) is 13.6. The molecule has 0 saturated heterocycles. The van der Waals surface area contributed by atoms with Crippen LogP contribution in [0.15, 0.2) is 35.3 Å². The molecule has 0 radical (unpaired) electrons. The van der Waals surface area contributed by atoms with Gasteiger partial charge < -0.3 is 9.47 Å². The van der Waals surface area contributed by atoms with Crippen molar-refractivity contribution in [3.8, 4) is 5.75 Å². The van der Waals surface area contributed by atoms with E-state index in [0.29, 0.717) is 5.75 Å². The van der Waals surface area contributed by atoms with Crippen LogP contribution in [0.1, 0.15) is 20.8 Å². The molecule has 1 rings (SSSR count). The van der Waals surface area contributed by atoms with Gasteiger partial charge in [0.05, 0.1) is 0 Å². The number of hydrazine groups is 1. The monoisotopic (exact) mass is 347 g/mol. The number of ether oxygens (including phenoxy) is 2. The van der Waals surface area contributed by atoms with Gasteiger partial charge in [-0.2, -0.15) is 13.2 Å². The summed E-state index contributed by atoms with van der Waals surface area (Å²) in [5.41, 5.74) is 3.67. The minimum atomic E-state index is -4.47. The second kappa shape index (κ2) is 8.42. The summed E-state index contributed by atoms with van der Waals surface area (Å²) in [6.07, 6.45) is -5.31. The fourth-order valence-corrected chi connectivity index (χ4v) is 1.40. The molecule has 0 aromatic heterocycles. The number of alkyl halides is 3. The molecule has 1 amide bonds. The van der Waals surface area contributed by atoms with Crippen molar-refractivity contribution in [2.75, 3.05) is 13.2 Å². The van der Waals surface area contributed by atoms with Gasteiger partial charge in [0.2, 0.25) is 0 Å². The summed E-state index contributed by atoms with van der Waals surface area (Å²) in [4.78, 5) is 14.9. The second-order valence-electron chi connectivity index (χ2n) is 5.73. The first kappa shape index (κ1) is 19.6. The fraction of sp³-hybridized carbons (Fsp3) is 0.467. The average molecular weight is 347 g/mol. The summed E-state index contributed by atoms with van der Waals surface area (Å²) < 4.78 is 47.2. The van der Waals surface area contributed by atoms with Crippen LogP contribution in [0.25, 0.3) is 0 Å². The number of nitrogens with one attached hydrogen (secondary N) is 2. The van der Waals surface area contributed by atoms with E-state index in [2.05, 4.69) is 15.8 Å². The lowest BCUT2D eigenvalue weighted by molar-refractivity contribution is -0.118. The third kappa shape index (κ3) is 9.54. The predicted octanol–water partition coefficient (Wildman–Crippen LogP) is 3.06. The SMILES string of the molecule is CC(C)(C)OC(=O)NNC(COc1ccccc1)=NCC(F)(F)F. The molecule has 0 spiro atoms. The molecule has 2 N–H and O–H groups in total. The highest BCUT2D eigenvalue weighted by atomic mass is 19.4. The number of carbonyl (C=O) groups excluding carboxylic acids is 1. The van der Waals surface area contributed by atoms with Gasteiger partial charge in [0, 0.05) is 0 Å². The Bertz CT molecular complexity index is 555. The van der Waals surface area contributed by atoms with Gasteiger partial charge in [-0.25, -0.2) is 10.2 Å². The smallest absolute Gasteiger partial charge is 0.426 e. The lowest BCUT2D eigenvalue weighted by Gasteiger charge is -2.20. The number of amidine groups is 1. The van der Waals surface area contributed by atoms with E-state index in [4.69, 9.17) is 9.47 Å². The maximum atomic E-state index is 12.3. The van der Waals surface area contributed by atoms with Crippen molar-refractivity contribution in [1.82, 2.24) is 10.9 Å². The van der Waals surface area contributed by atoms with Crippen molar-refractivity contribution in [2.24, 2.45) is 4.99 Å². The van der Waals surface area contributed by atoms with Crippen LogP contribution in [0, 0.1) is 0 Å². The van der Waals surface area contributed by atoms with Crippen LogP contribution in [0.4, 0.5) is 18.0 Å². The molecule has 0 aliphatic rings. The molecule has 134 valence electrons. The summed E-state index contributed by atoms with van der Waals surface area (Å²) in [6.45, 7) is 3.29. The number of hydrogen-bond donors (Lipinski definition) is 2. The van der Waals surface area contributed by atoms with Crippen molar-refractivity contribution in [3.63, 3.8) is 0 Å². The van der Waals surface area contributed by atoms with Crippen LogP contribution in [0.3, 0.4) is 0 Å². The summed E-state index contributed by atoms with van der Waals surface area (Å²) in [6, 6.07) is 8.49. The number of halogens is 3. The molecule has 0 fully saturated rings. The molecular weight excluding hydrogens is 327 g/mol. The summed E-state index contributed by atoms with van der Waals surface area (Å²) in [7, 11) is 0. The first-order valence-corrected chi connectivity index (χ1v) is 7.08. The van der Waals surface area contributed by atoms with Gasteiger partial charge in [0.25, 0.3) is 0 Å². The Hall–Kier alpha value is -2.45. The number of para-hydroxylation sites is 1. The molecule has 1 aromatic rings. The Morgan fingerprint density at radius 3 is 2.29 bits per heavy atom. The Morgan fingerprint density at radius 1 is 1.12 bits per heavy atom. The van der Waals surface area contributed by atoms with Crippen LogP contribution < -0.4 is 15.6 Å². The molecule has 0 bridgehead atoms. The van der Waals surface area contributed by atoms with Gasteiger partial charge in [-0.05, 0) is 32.9 Å². The molecule has 0 atom stereocenters. The highest BCUT2D eigenvalue weighted by molar-refractivity contribution is 5.85. The highest BCUT2D eigenvalue weighted by Crippen LogP contribution is 2.14. The third-order valence-electron chi connectivity index (χ3n) is 2.28. The van der Waals surface area contributed by atoms with Crippen molar-refractivity contribution < 1.29 is 27.4 Å². The van der Waals surface area contributed by atoms with E-state index in [-0.39, 0.29) is 12.4 Å². The fourth-order valence-electron chi connectivity index (χ4n) is 1.40. The van der Waals surface area contributed by atoms with Crippen LogP contribution in [-0.4, -0.2) is 36.9 Å². The number of amides is 1. The zero-order chi connectivity index (χ0) is 18.2. The molecule has 1 aromatic carbocycles. The van der Waals surface area contributed by atoms with E-state index in [9.17, 15) is 18.0 Å². The molecule has 6 nitrogen and oxygen atoms in total. The van der Waals surface area contributed by atoms with Crippen molar-refractivity contribution in [1.29, 1.82) is 0 Å². The van der Waals surface area contributed by atoms with Gasteiger partial charge >= 0.3 is 12.3 Å². The normalized spacial score (nSPS) is 12.5. The lowest BCUT2D eigenvalue weighted by atomic mass is 10.2. The van der Waals surface area contributed by atoms with Gasteiger partial charge in [0.1, 0.15) is 24.5 Å². The quantitative estimate of drug-likeness (QED) is 0.499. The number of rotatable bonds is 4. The minimum absolute atomic E-state index is 0.193. The van der Waals surface area contributed by atoms with E-state index >= 15 is 0 Å². The number of carbonyl (C=O) groups is 1. The third-order valence-corrected chi connectivity index (χ3v) is 2.28. The molecule has 0 aliphatic heterocycles. The maximum absolute atomic E-state index is 12.3. The Morgan fingerprint density at radius 2 is 1.75 bits per heavy atom. The van der Waals surface area contributed by atoms with Gasteiger partial charge in [-0.3, -0.25) is 10.4 Å². The van der Waals surface area contributed by atoms with Crippen molar-refractivity contribution in [3.05, 3.63) is 30.3 Å². The first-order valence-electron chi connectivity index (χ1n) is 7.08. The molecular formula is C15H20F3N3O3. The van der Waals surface area contributed by atoms with Gasteiger partial charge in [-0.1, -0.05) is 18.2 Å². The summed E-state index contributed by atoms with van der Waals surface area (Å²) in [5, 5.41) is 0. The van der Waals surface area contributed by atoms with E-state index in [1.165, 1.54) is 0 Å². The number of hydrogen-bond acceptors (Lipinski definition) is 4. The molecule has 0 unspecified atom stereocenters. The maximum Gasteiger partial charge on any atom is 0.426 e. The summed E-state index contributed by atoms with van der Waals surface area (Å²) >= 11 is 0. The van der Waals surface area contributed by atoms with Crippen molar-refractivity contribution >= 4 is 11.9 Å². The minimum Gasteiger partial charge on any atom is -0.486 e. The molecule has 0 saturated carbocycles. The summed E-state index contributed by atoms with van der Waals surface area (Å²) in [5.74, 6) is 0.262. The van der Waals surface area contributed by atoms with Crippen molar-refractivity contribution in [2.45, 2.75) is 32.5 Å². The Kier molecular flexibility index (Phi) is 6.87. The Balaban J connectivity index is 2.62. The van der Waals surface area contributed by atoms with Crippen LogP contribution in [-0.2, 0) is 4.74 Å². The van der Waals surface area contributed by atoms with E-state index in [1.807, 2.05) is 0 Å². The predicted molar refractivity (Wildman–Crippen MR) is 82.8 cm³/mol. The molecule has 24 heavy (non-hydrogen) atoms. The molecule has 0 aliphatic carbocycles. The number of nitrogens with zero attached hydrogens (tertiary/aromatic N) is 1. The molecule has 0 heterocycles. The highest BCUT2D eigenvalue weighted by Gasteiger charge is 2.27. The van der Waals surface area contributed by atoms with Crippen LogP contribution in [0.5, 0.6) is 5.75 Å².